The van der Waals surface area contributed by atoms with Gasteiger partial charge in [-0.15, -0.1) is 0 Å². The third-order valence-electron chi connectivity index (χ3n) is 4.05. The van der Waals surface area contributed by atoms with Gasteiger partial charge in [0.15, 0.2) is 0 Å². The van der Waals surface area contributed by atoms with Crippen molar-refractivity contribution in [1.82, 2.24) is 0 Å². The van der Waals surface area contributed by atoms with Crippen molar-refractivity contribution in [2.45, 2.75) is 0 Å². The second-order valence-corrected chi connectivity index (χ2v) is 7.86. The maximum atomic E-state index is 12.6. The molecule has 0 heterocycles. The summed E-state index contributed by atoms with van der Waals surface area (Å²) < 4.78 is 6.16. The number of anilines is 1. The van der Waals surface area contributed by atoms with Crippen molar-refractivity contribution in [2.75, 3.05) is 5.32 Å². The molecule has 0 saturated heterocycles. The molecule has 3 aromatic rings. The number of nitrogens with zero attached hydrogens (tertiary/aromatic N) is 1. The molecule has 0 radical (unpaired) electrons. The highest BCUT2D eigenvalue weighted by atomic mass is 79.9. The Hall–Kier alpha value is -3.11. The van der Waals surface area contributed by atoms with E-state index in [2.05, 4.69) is 21.2 Å². The number of rotatable bonds is 5. The van der Waals surface area contributed by atoms with Crippen molar-refractivity contribution >= 4 is 62.8 Å². The molecule has 0 aliphatic rings. The van der Waals surface area contributed by atoms with E-state index < -0.39 is 11.9 Å². The average Bonchev–Trinajstić information content (AvgIpc) is 2.77. The first-order chi connectivity index (χ1) is 14.9. The minimum Gasteiger partial charge on any atom is -0.422 e. The average molecular weight is 516 g/mol. The fourth-order valence-electron chi connectivity index (χ4n) is 2.55. The van der Waals surface area contributed by atoms with Gasteiger partial charge in [-0.05, 0) is 48.5 Å². The first-order valence-corrected chi connectivity index (χ1v) is 10.4. The van der Waals surface area contributed by atoms with Crippen molar-refractivity contribution in [3.05, 3.63) is 97.9 Å². The molecule has 0 spiro atoms. The zero-order valence-corrected chi connectivity index (χ0v) is 18.8. The summed E-state index contributed by atoms with van der Waals surface area (Å²) in [6.45, 7) is 0. The first kappa shape index (κ1) is 22.6. The van der Waals surface area contributed by atoms with Gasteiger partial charge in [-0.3, -0.25) is 4.79 Å². The molecule has 0 unspecified atom stereocenters. The van der Waals surface area contributed by atoms with Crippen molar-refractivity contribution in [2.24, 2.45) is 0 Å². The number of ether oxygens (including phenoxy) is 1. The van der Waals surface area contributed by atoms with Crippen LogP contribution in [0, 0.1) is 11.3 Å². The normalized spacial score (nSPS) is 10.8. The van der Waals surface area contributed by atoms with Crippen LogP contribution in [0.25, 0.3) is 6.08 Å². The van der Waals surface area contributed by atoms with E-state index in [1.807, 2.05) is 6.07 Å². The quantitative estimate of drug-likeness (QED) is 0.181. The number of halogens is 3. The zero-order valence-electron chi connectivity index (χ0n) is 15.7. The molecule has 5 nitrogen and oxygen atoms in total. The number of nitriles is 1. The Bertz CT molecular complexity index is 1220. The second kappa shape index (κ2) is 10.3. The molecule has 8 heteroatoms. The lowest BCUT2D eigenvalue weighted by atomic mass is 10.1. The van der Waals surface area contributed by atoms with E-state index in [4.69, 9.17) is 27.9 Å². The Balaban J connectivity index is 1.90. The van der Waals surface area contributed by atoms with Crippen LogP contribution in [0.15, 0.2) is 76.8 Å². The summed E-state index contributed by atoms with van der Waals surface area (Å²) in [5.41, 5.74) is 0.785. The van der Waals surface area contributed by atoms with Crippen molar-refractivity contribution in [3.63, 3.8) is 0 Å². The van der Waals surface area contributed by atoms with Gasteiger partial charge >= 0.3 is 5.97 Å². The van der Waals surface area contributed by atoms with E-state index in [0.29, 0.717) is 15.6 Å². The molecule has 0 atom stereocenters. The standard InChI is InChI=1S/C23H13BrCl2N2O3/c24-17-9-10-20(31-23(30)14-5-2-1-3-6-14)15(12-17)11-16(13-27)22(29)28-19-8-4-7-18(25)21(19)26/h1-12H,(H,28,29)/b16-11+. The van der Waals surface area contributed by atoms with Gasteiger partial charge in [0, 0.05) is 10.0 Å². The van der Waals surface area contributed by atoms with E-state index in [1.54, 1.807) is 66.7 Å². The van der Waals surface area contributed by atoms with Crippen LogP contribution < -0.4 is 10.1 Å². The molecule has 3 rings (SSSR count). The molecule has 3 aromatic carbocycles. The first-order valence-electron chi connectivity index (χ1n) is 8.83. The van der Waals surface area contributed by atoms with Crippen LogP contribution in [0.1, 0.15) is 15.9 Å². The van der Waals surface area contributed by atoms with Gasteiger partial charge in [-0.2, -0.15) is 5.26 Å². The number of carbonyl (C=O) groups excluding carboxylic acids is 2. The number of nitrogens with one attached hydrogen (secondary N) is 1. The fraction of sp³-hybridized carbons (Fsp3) is 0. The van der Waals surface area contributed by atoms with Gasteiger partial charge in [-0.25, -0.2) is 4.79 Å². The summed E-state index contributed by atoms with van der Waals surface area (Å²) in [7, 11) is 0. The molecule has 1 N–H and O–H groups in total. The SMILES string of the molecule is N#C/C(=C\c1cc(Br)ccc1OC(=O)c1ccccc1)C(=O)Nc1cccc(Cl)c1Cl. The minimum atomic E-state index is -0.688. The predicted molar refractivity (Wildman–Crippen MR) is 124 cm³/mol. The number of carbonyl (C=O) groups is 2. The Kier molecular flexibility index (Phi) is 7.48. The second-order valence-electron chi connectivity index (χ2n) is 6.16. The van der Waals surface area contributed by atoms with Crippen LogP contribution in [0.3, 0.4) is 0 Å². The van der Waals surface area contributed by atoms with E-state index in [1.165, 1.54) is 6.08 Å². The van der Waals surface area contributed by atoms with Gasteiger partial charge < -0.3 is 10.1 Å². The molecule has 0 saturated carbocycles. The summed E-state index contributed by atoms with van der Waals surface area (Å²) in [4.78, 5) is 25.1. The molecule has 0 bridgehead atoms. The van der Waals surface area contributed by atoms with E-state index in [0.717, 1.165) is 0 Å². The van der Waals surface area contributed by atoms with Gasteiger partial charge in [0.25, 0.3) is 5.91 Å². The number of amides is 1. The molecule has 31 heavy (non-hydrogen) atoms. The van der Waals surface area contributed by atoms with E-state index in [9.17, 15) is 14.9 Å². The molecule has 1 amide bonds. The lowest BCUT2D eigenvalue weighted by Gasteiger charge is -2.10. The van der Waals surface area contributed by atoms with Crippen LogP contribution >= 0.6 is 39.1 Å². The summed E-state index contributed by atoms with van der Waals surface area (Å²) in [6, 6.07) is 20.0. The van der Waals surface area contributed by atoms with Gasteiger partial charge in [0.1, 0.15) is 17.4 Å². The summed E-state index contributed by atoms with van der Waals surface area (Å²) in [5, 5.41) is 12.5. The molecule has 154 valence electrons. The highest BCUT2D eigenvalue weighted by molar-refractivity contribution is 9.10. The van der Waals surface area contributed by atoms with Gasteiger partial charge in [0.05, 0.1) is 21.3 Å². The molecule has 0 fully saturated rings. The largest absolute Gasteiger partial charge is 0.422 e. The third kappa shape index (κ3) is 5.74. The van der Waals surface area contributed by atoms with Gasteiger partial charge in [0.2, 0.25) is 0 Å². The molecular formula is C23H13BrCl2N2O3. The highest BCUT2D eigenvalue weighted by Gasteiger charge is 2.16. The smallest absolute Gasteiger partial charge is 0.343 e. The number of hydrogen-bond acceptors (Lipinski definition) is 4. The Morgan fingerprint density at radius 3 is 2.48 bits per heavy atom. The van der Waals surface area contributed by atoms with Crippen LogP contribution in [0.4, 0.5) is 5.69 Å². The molecule has 0 aliphatic carbocycles. The van der Waals surface area contributed by atoms with Crippen molar-refractivity contribution in [3.8, 4) is 11.8 Å². The van der Waals surface area contributed by atoms with Crippen LogP contribution in [-0.4, -0.2) is 11.9 Å². The lowest BCUT2D eigenvalue weighted by molar-refractivity contribution is -0.112. The van der Waals surface area contributed by atoms with Crippen LogP contribution in [0.2, 0.25) is 10.0 Å². The highest BCUT2D eigenvalue weighted by Crippen LogP contribution is 2.30. The lowest BCUT2D eigenvalue weighted by Crippen LogP contribution is -2.14. The summed E-state index contributed by atoms with van der Waals surface area (Å²) >= 11 is 15.4. The molecular weight excluding hydrogens is 503 g/mol. The van der Waals surface area contributed by atoms with Crippen molar-refractivity contribution < 1.29 is 14.3 Å². The molecule has 0 aliphatic heterocycles. The third-order valence-corrected chi connectivity index (χ3v) is 5.36. The summed E-state index contributed by atoms with van der Waals surface area (Å²) in [6.07, 6.45) is 1.33. The minimum absolute atomic E-state index is 0.162. The Morgan fingerprint density at radius 2 is 1.77 bits per heavy atom. The van der Waals surface area contributed by atoms with Crippen LogP contribution in [-0.2, 0) is 4.79 Å². The fourth-order valence-corrected chi connectivity index (χ4v) is 3.28. The Labute approximate surface area is 197 Å². The zero-order chi connectivity index (χ0) is 22.4. The predicted octanol–water partition coefficient (Wildman–Crippen LogP) is 6.52. The van der Waals surface area contributed by atoms with Crippen molar-refractivity contribution in [1.29, 1.82) is 5.26 Å². The number of hydrogen-bond donors (Lipinski definition) is 1. The monoisotopic (exact) mass is 514 g/mol. The van der Waals surface area contributed by atoms with E-state index >= 15 is 0 Å². The topological polar surface area (TPSA) is 79.2 Å². The molecule has 0 aromatic heterocycles. The maximum absolute atomic E-state index is 12.6. The van der Waals surface area contributed by atoms with Crippen LogP contribution in [0.5, 0.6) is 5.75 Å². The number of benzene rings is 3. The maximum Gasteiger partial charge on any atom is 0.343 e. The van der Waals surface area contributed by atoms with E-state index in [-0.39, 0.29) is 27.1 Å². The number of esters is 1. The summed E-state index contributed by atoms with van der Waals surface area (Å²) in [5.74, 6) is -1.06. The van der Waals surface area contributed by atoms with Gasteiger partial charge in [-0.1, -0.05) is 63.4 Å². The Morgan fingerprint density at radius 1 is 1.03 bits per heavy atom.